The van der Waals surface area contributed by atoms with Crippen molar-refractivity contribution in [3.05, 3.63) is 29.8 Å². The van der Waals surface area contributed by atoms with E-state index in [9.17, 15) is 13.2 Å². The number of hydrogen-bond donors (Lipinski definition) is 0. The Morgan fingerprint density at radius 2 is 1.89 bits per heavy atom. The average Bonchev–Trinajstić information content (AvgIpc) is 2.29. The van der Waals surface area contributed by atoms with E-state index in [0.29, 0.717) is 12.8 Å². The van der Waals surface area contributed by atoms with Crippen LogP contribution in [-0.4, -0.2) is 21.3 Å². The maximum absolute atomic E-state index is 11.8. The molecule has 0 aromatic heterocycles. The molecule has 0 heterocycles. The fourth-order valence-corrected chi connectivity index (χ4v) is 2.34. The van der Waals surface area contributed by atoms with Crippen molar-refractivity contribution in [1.29, 1.82) is 0 Å². The van der Waals surface area contributed by atoms with Crippen LogP contribution in [0, 0.1) is 12.8 Å². The third-order valence-corrected chi connectivity index (χ3v) is 3.98. The first-order valence-electron chi connectivity index (χ1n) is 5.85. The fraction of sp³-hybridized carbons (Fsp3) is 0.462. The van der Waals surface area contributed by atoms with Crippen LogP contribution < -0.4 is 0 Å². The minimum atomic E-state index is -3.68. The molecule has 0 saturated heterocycles. The lowest BCUT2D eigenvalue weighted by atomic mass is 10.1. The summed E-state index contributed by atoms with van der Waals surface area (Å²) in [5, 5.41) is 0. The fourth-order valence-electron chi connectivity index (χ4n) is 1.41. The summed E-state index contributed by atoms with van der Waals surface area (Å²) in [4.78, 5) is 10.4. The molecule has 0 saturated carbocycles. The molecule has 1 unspecified atom stereocenters. The van der Waals surface area contributed by atoms with Crippen LogP contribution in [0.15, 0.2) is 29.2 Å². The second kappa shape index (κ2) is 6.66. The van der Waals surface area contributed by atoms with Crippen molar-refractivity contribution in [2.75, 3.05) is 6.61 Å². The Labute approximate surface area is 108 Å². The molecular formula is C13H18O4S. The Bertz CT molecular complexity index is 476. The van der Waals surface area contributed by atoms with Gasteiger partial charge >= 0.3 is 0 Å². The van der Waals surface area contributed by atoms with E-state index in [4.69, 9.17) is 4.18 Å². The number of hydrogen-bond acceptors (Lipinski definition) is 4. The summed E-state index contributed by atoms with van der Waals surface area (Å²) in [6, 6.07) is 6.51. The molecule has 4 nitrogen and oxygen atoms in total. The van der Waals surface area contributed by atoms with Crippen molar-refractivity contribution in [3.63, 3.8) is 0 Å². The van der Waals surface area contributed by atoms with Gasteiger partial charge in [0.15, 0.2) is 0 Å². The zero-order chi connectivity index (χ0) is 13.6. The molecule has 0 aliphatic rings. The van der Waals surface area contributed by atoms with Gasteiger partial charge in [-0.05, 0) is 31.4 Å². The van der Waals surface area contributed by atoms with Crippen LogP contribution in [0.4, 0.5) is 0 Å². The van der Waals surface area contributed by atoms with Crippen LogP contribution in [0.3, 0.4) is 0 Å². The van der Waals surface area contributed by atoms with Gasteiger partial charge in [0.25, 0.3) is 10.1 Å². The average molecular weight is 270 g/mol. The number of aldehydes is 1. The standard InChI is InChI=1S/C13H18O4S/c1-11-3-5-13(6-4-11)18(15,16)17-10-8-12(2)7-9-14/h3-6,9,12H,7-8,10H2,1-2H3. The predicted octanol–water partition coefficient (Wildman–Crippen LogP) is 2.32. The number of rotatable bonds is 7. The van der Waals surface area contributed by atoms with E-state index >= 15 is 0 Å². The highest BCUT2D eigenvalue weighted by Gasteiger charge is 2.15. The van der Waals surface area contributed by atoms with Gasteiger partial charge in [-0.2, -0.15) is 8.42 Å². The van der Waals surface area contributed by atoms with Crippen LogP contribution in [0.25, 0.3) is 0 Å². The van der Waals surface area contributed by atoms with E-state index in [-0.39, 0.29) is 17.4 Å². The molecule has 1 aromatic carbocycles. The van der Waals surface area contributed by atoms with Gasteiger partial charge in [0.05, 0.1) is 11.5 Å². The monoisotopic (exact) mass is 270 g/mol. The molecule has 0 amide bonds. The Balaban J connectivity index is 2.55. The quantitative estimate of drug-likeness (QED) is 0.563. The van der Waals surface area contributed by atoms with Gasteiger partial charge in [0.2, 0.25) is 0 Å². The van der Waals surface area contributed by atoms with Gasteiger partial charge in [0.1, 0.15) is 6.29 Å². The summed E-state index contributed by atoms with van der Waals surface area (Å²) in [5.74, 6) is 0.135. The summed E-state index contributed by atoms with van der Waals surface area (Å²) in [5.41, 5.74) is 0.994. The topological polar surface area (TPSA) is 60.4 Å². The molecule has 0 aliphatic carbocycles. The Hall–Kier alpha value is -1.20. The minimum absolute atomic E-state index is 0.102. The number of carbonyl (C=O) groups excluding carboxylic acids is 1. The van der Waals surface area contributed by atoms with Crippen LogP contribution in [0.5, 0.6) is 0 Å². The van der Waals surface area contributed by atoms with Gasteiger partial charge in [0, 0.05) is 6.42 Å². The largest absolute Gasteiger partial charge is 0.303 e. The van der Waals surface area contributed by atoms with Gasteiger partial charge in [-0.25, -0.2) is 0 Å². The van der Waals surface area contributed by atoms with Crippen molar-refractivity contribution >= 4 is 16.4 Å². The smallest absolute Gasteiger partial charge is 0.296 e. The second-order valence-electron chi connectivity index (χ2n) is 4.39. The molecular weight excluding hydrogens is 252 g/mol. The Morgan fingerprint density at radius 3 is 2.44 bits per heavy atom. The van der Waals surface area contributed by atoms with E-state index in [0.717, 1.165) is 11.8 Å². The van der Waals surface area contributed by atoms with Crippen molar-refractivity contribution in [2.45, 2.75) is 31.6 Å². The van der Waals surface area contributed by atoms with Crippen LogP contribution >= 0.6 is 0 Å². The van der Waals surface area contributed by atoms with E-state index in [1.54, 1.807) is 12.1 Å². The molecule has 0 N–H and O–H groups in total. The Morgan fingerprint density at radius 1 is 1.28 bits per heavy atom. The first kappa shape index (κ1) is 14.9. The molecule has 0 spiro atoms. The van der Waals surface area contributed by atoms with Crippen LogP contribution in [0.1, 0.15) is 25.3 Å². The van der Waals surface area contributed by atoms with Gasteiger partial charge < -0.3 is 4.79 Å². The summed E-state index contributed by atoms with van der Waals surface area (Å²) in [6.07, 6.45) is 1.80. The van der Waals surface area contributed by atoms with Crippen LogP contribution in [-0.2, 0) is 19.1 Å². The first-order chi connectivity index (χ1) is 8.45. The lowest BCUT2D eigenvalue weighted by molar-refractivity contribution is -0.108. The number of benzene rings is 1. The van der Waals surface area contributed by atoms with Gasteiger partial charge in [-0.1, -0.05) is 24.6 Å². The normalized spacial score (nSPS) is 13.2. The van der Waals surface area contributed by atoms with Crippen LogP contribution in [0.2, 0.25) is 0 Å². The number of carbonyl (C=O) groups is 1. The molecule has 0 aliphatic heterocycles. The Kier molecular flexibility index (Phi) is 5.50. The number of aryl methyl sites for hydroxylation is 1. The summed E-state index contributed by atoms with van der Waals surface area (Å²) < 4.78 is 28.5. The van der Waals surface area contributed by atoms with Crippen molar-refractivity contribution < 1.29 is 17.4 Å². The third-order valence-electron chi connectivity index (χ3n) is 2.66. The third kappa shape index (κ3) is 4.58. The van der Waals surface area contributed by atoms with Crippen molar-refractivity contribution in [1.82, 2.24) is 0 Å². The highest BCUT2D eigenvalue weighted by molar-refractivity contribution is 7.86. The second-order valence-corrected chi connectivity index (χ2v) is 6.00. The molecule has 1 aromatic rings. The highest BCUT2D eigenvalue weighted by atomic mass is 32.2. The molecule has 5 heteroatoms. The summed E-state index contributed by atoms with van der Waals surface area (Å²) in [7, 11) is -3.68. The predicted molar refractivity (Wildman–Crippen MR) is 68.8 cm³/mol. The van der Waals surface area contributed by atoms with E-state index in [1.807, 2.05) is 13.8 Å². The molecule has 1 atom stereocenters. The maximum atomic E-state index is 11.8. The van der Waals surface area contributed by atoms with E-state index < -0.39 is 10.1 Å². The summed E-state index contributed by atoms with van der Waals surface area (Å²) in [6.45, 7) is 3.87. The van der Waals surface area contributed by atoms with Crippen molar-refractivity contribution in [3.8, 4) is 0 Å². The molecule has 1 rings (SSSR count). The van der Waals surface area contributed by atoms with Crippen molar-refractivity contribution in [2.24, 2.45) is 5.92 Å². The molecule has 0 radical (unpaired) electrons. The summed E-state index contributed by atoms with van der Waals surface area (Å²) >= 11 is 0. The lowest BCUT2D eigenvalue weighted by Gasteiger charge is -2.09. The lowest BCUT2D eigenvalue weighted by Crippen LogP contribution is -2.10. The van der Waals surface area contributed by atoms with Gasteiger partial charge in [-0.15, -0.1) is 0 Å². The molecule has 0 bridgehead atoms. The maximum Gasteiger partial charge on any atom is 0.296 e. The zero-order valence-corrected chi connectivity index (χ0v) is 11.4. The van der Waals surface area contributed by atoms with E-state index in [1.165, 1.54) is 12.1 Å². The zero-order valence-electron chi connectivity index (χ0n) is 10.6. The minimum Gasteiger partial charge on any atom is -0.303 e. The SMILES string of the molecule is Cc1ccc(S(=O)(=O)OCCC(C)CC=O)cc1. The first-order valence-corrected chi connectivity index (χ1v) is 7.26. The van der Waals surface area contributed by atoms with Gasteiger partial charge in [-0.3, -0.25) is 4.18 Å². The molecule has 0 fully saturated rings. The molecule has 100 valence electrons. The van der Waals surface area contributed by atoms with E-state index in [2.05, 4.69) is 0 Å². The molecule has 18 heavy (non-hydrogen) atoms. The highest BCUT2D eigenvalue weighted by Crippen LogP contribution is 2.14.